The SMILES string of the molecule is c1ccc(N2c3ccccc3C3(c4ccccc42)c2cc(-c4cccc(-n5c6ccccc6c6ccccc65)c4)oc2C2(c4ccccc4N(c4ccccc4)c4ccccc42)c2cc(-c4cccc(-n5c6ccccc6c6ccccc65)c4)oc23)cc1. The largest absolute Gasteiger partial charge is 0.459 e. The summed E-state index contributed by atoms with van der Waals surface area (Å²) in [5, 5.41) is 4.85. The van der Waals surface area contributed by atoms with E-state index in [4.69, 9.17) is 8.83 Å². The van der Waals surface area contributed by atoms with Crippen molar-refractivity contribution in [2.75, 3.05) is 9.80 Å². The molecule has 0 saturated heterocycles. The lowest BCUT2D eigenvalue weighted by Gasteiger charge is -2.52. The van der Waals surface area contributed by atoms with Crippen LogP contribution in [0.2, 0.25) is 0 Å². The molecule has 88 heavy (non-hydrogen) atoms. The van der Waals surface area contributed by atoms with Crippen molar-refractivity contribution in [3.63, 3.8) is 0 Å². The highest BCUT2D eigenvalue weighted by Gasteiger charge is 2.63. The summed E-state index contributed by atoms with van der Waals surface area (Å²) < 4.78 is 21.2. The molecule has 12 aromatic carbocycles. The van der Waals surface area contributed by atoms with Gasteiger partial charge in [0.2, 0.25) is 0 Å². The Morgan fingerprint density at radius 3 is 0.852 bits per heavy atom. The molecule has 6 heteroatoms. The van der Waals surface area contributed by atoms with Crippen LogP contribution in [0.3, 0.4) is 0 Å². The fourth-order valence-electron chi connectivity index (χ4n) is 15.7. The number of anilines is 6. The second-order valence-corrected chi connectivity index (χ2v) is 23.5. The van der Waals surface area contributed by atoms with E-state index < -0.39 is 10.8 Å². The Kier molecular flexibility index (Phi) is 10.2. The third-order valence-corrected chi connectivity index (χ3v) is 19.1. The number of hydrogen-bond donors (Lipinski definition) is 0. The molecule has 2 spiro atoms. The Morgan fingerprint density at radius 2 is 0.511 bits per heavy atom. The summed E-state index contributed by atoms with van der Waals surface area (Å²) in [5.74, 6) is 3.20. The number of nitrogens with zero attached hydrogens (tertiary/aromatic N) is 4. The van der Waals surface area contributed by atoms with Crippen LogP contribution >= 0.6 is 0 Å². The van der Waals surface area contributed by atoms with Crippen molar-refractivity contribution in [3.8, 4) is 34.0 Å². The fraction of sp³-hybridized carbons (Fsp3) is 0.0244. The van der Waals surface area contributed by atoms with Crippen LogP contribution in [0.4, 0.5) is 34.1 Å². The summed E-state index contributed by atoms with van der Waals surface area (Å²) in [5.41, 5.74) is 19.2. The minimum atomic E-state index is -1.08. The zero-order valence-electron chi connectivity index (χ0n) is 47.6. The molecule has 1 aliphatic carbocycles. The van der Waals surface area contributed by atoms with Crippen LogP contribution in [0.15, 0.2) is 324 Å². The summed E-state index contributed by atoms with van der Waals surface area (Å²) in [4.78, 5) is 4.86. The van der Waals surface area contributed by atoms with Gasteiger partial charge in [-0.25, -0.2) is 0 Å². The van der Waals surface area contributed by atoms with Crippen LogP contribution in [0.25, 0.3) is 77.6 Å². The lowest BCUT2D eigenvalue weighted by Crippen LogP contribution is -2.48. The molecule has 2 aliphatic heterocycles. The molecule has 0 atom stereocenters. The molecule has 16 aromatic rings. The topological polar surface area (TPSA) is 42.6 Å². The summed E-state index contributed by atoms with van der Waals surface area (Å²) in [6.45, 7) is 0. The van der Waals surface area contributed by atoms with Gasteiger partial charge in [-0.1, -0.05) is 206 Å². The van der Waals surface area contributed by atoms with Crippen LogP contribution in [0.1, 0.15) is 44.9 Å². The second kappa shape index (κ2) is 18.5. The third-order valence-electron chi connectivity index (χ3n) is 19.1. The van der Waals surface area contributed by atoms with E-state index in [-0.39, 0.29) is 0 Å². The Morgan fingerprint density at radius 1 is 0.227 bits per heavy atom. The van der Waals surface area contributed by atoms with Crippen LogP contribution in [-0.4, -0.2) is 9.13 Å². The highest BCUT2D eigenvalue weighted by molar-refractivity contribution is 6.10. The predicted molar refractivity (Wildman–Crippen MR) is 357 cm³/mol. The van der Waals surface area contributed by atoms with E-state index in [0.29, 0.717) is 0 Å². The Balaban J connectivity index is 0.947. The average Bonchev–Trinajstić information content (AvgIpc) is 1.25. The minimum Gasteiger partial charge on any atom is -0.459 e. The normalized spacial score (nSPS) is 14.0. The van der Waals surface area contributed by atoms with Crippen molar-refractivity contribution in [2.24, 2.45) is 0 Å². The van der Waals surface area contributed by atoms with Crippen LogP contribution in [0.5, 0.6) is 0 Å². The van der Waals surface area contributed by atoms with Gasteiger partial charge in [0.05, 0.1) is 44.8 Å². The molecule has 6 heterocycles. The number of para-hydroxylation sites is 10. The molecule has 0 N–H and O–H groups in total. The number of aromatic nitrogens is 2. The van der Waals surface area contributed by atoms with Crippen molar-refractivity contribution < 1.29 is 8.83 Å². The van der Waals surface area contributed by atoms with Crippen molar-refractivity contribution in [2.45, 2.75) is 10.8 Å². The Hall–Kier alpha value is -11.6. The number of hydrogen-bond acceptors (Lipinski definition) is 4. The lowest BCUT2D eigenvalue weighted by atomic mass is 9.53. The maximum atomic E-state index is 8.19. The molecule has 4 aromatic heterocycles. The maximum absolute atomic E-state index is 8.19. The first-order chi connectivity index (χ1) is 43.7. The Bertz CT molecular complexity index is 4920. The monoisotopic (exact) mass is 1120 g/mol. The van der Waals surface area contributed by atoms with E-state index in [0.717, 1.165) is 135 Å². The first-order valence-electron chi connectivity index (χ1n) is 30.2. The van der Waals surface area contributed by atoms with E-state index >= 15 is 0 Å². The van der Waals surface area contributed by atoms with Crippen LogP contribution in [0, 0.1) is 0 Å². The van der Waals surface area contributed by atoms with Gasteiger partial charge in [0.1, 0.15) is 33.9 Å². The quantitative estimate of drug-likeness (QED) is 0.166. The highest BCUT2D eigenvalue weighted by atomic mass is 16.4. The van der Waals surface area contributed by atoms with E-state index in [9.17, 15) is 0 Å². The van der Waals surface area contributed by atoms with Crippen LogP contribution in [-0.2, 0) is 10.8 Å². The van der Waals surface area contributed by atoms with Crippen molar-refractivity contribution in [1.29, 1.82) is 0 Å². The van der Waals surface area contributed by atoms with E-state index in [1.54, 1.807) is 0 Å². The van der Waals surface area contributed by atoms with Gasteiger partial charge in [-0.05, 0) is 131 Å². The standard InChI is InChI=1S/C82H52N4O2/c1-3-27-55(28-4-1)83-73-45-19-11-37-63(73)81(64-38-12-20-46-74(64)83)67-51-77(53-25-23-31-57(49-53)85-69-41-15-7-33-59(69)60-34-8-16-42-70(60)85)88-80(67)82(65-39-13-21-47-75(65)84(56-29-5-2-6-30-56)76-48-22-14-40-66(76)82)68-52-78(87-79(68)81)54-26-24-32-58(50-54)86-71-43-17-9-35-61(71)62-36-10-18-44-72(62)86/h1-52H. The lowest BCUT2D eigenvalue weighted by molar-refractivity contribution is 0.400. The summed E-state index contributed by atoms with van der Waals surface area (Å²) in [6, 6.07) is 115. The smallest absolute Gasteiger partial charge is 0.134 e. The number of rotatable bonds is 6. The maximum Gasteiger partial charge on any atom is 0.134 e. The molecule has 3 aliphatic rings. The van der Waals surface area contributed by atoms with E-state index in [2.05, 4.69) is 334 Å². The Labute approximate surface area is 507 Å². The van der Waals surface area contributed by atoms with Crippen molar-refractivity contribution in [3.05, 3.63) is 360 Å². The molecule has 0 unspecified atom stereocenters. The molecule has 0 bridgehead atoms. The number of furan rings is 2. The van der Waals surface area contributed by atoms with Gasteiger partial charge in [-0.2, -0.15) is 0 Å². The number of fused-ring (bicyclic) bond motifs is 20. The van der Waals surface area contributed by atoms with Crippen molar-refractivity contribution >= 4 is 77.7 Å². The van der Waals surface area contributed by atoms with Gasteiger partial charge >= 0.3 is 0 Å². The van der Waals surface area contributed by atoms with Gasteiger partial charge in [0, 0.05) is 66.5 Å². The summed E-state index contributed by atoms with van der Waals surface area (Å²) in [6.07, 6.45) is 0. The first kappa shape index (κ1) is 48.7. The zero-order valence-corrected chi connectivity index (χ0v) is 47.6. The van der Waals surface area contributed by atoms with E-state index in [1.807, 2.05) is 0 Å². The zero-order chi connectivity index (χ0) is 57.7. The molecule has 412 valence electrons. The molecule has 6 nitrogen and oxygen atoms in total. The second-order valence-electron chi connectivity index (χ2n) is 23.5. The minimum absolute atomic E-state index is 0.761. The summed E-state index contributed by atoms with van der Waals surface area (Å²) in [7, 11) is 0. The molecule has 0 radical (unpaired) electrons. The predicted octanol–water partition coefficient (Wildman–Crippen LogP) is 21.0. The number of benzene rings is 12. The fourth-order valence-corrected chi connectivity index (χ4v) is 15.7. The van der Waals surface area contributed by atoms with Gasteiger partial charge in [-0.3, -0.25) is 0 Å². The molecule has 0 fully saturated rings. The van der Waals surface area contributed by atoms with Gasteiger partial charge in [0.15, 0.2) is 0 Å². The first-order valence-corrected chi connectivity index (χ1v) is 30.2. The highest BCUT2D eigenvalue weighted by Crippen LogP contribution is 2.69. The summed E-state index contributed by atoms with van der Waals surface area (Å²) >= 11 is 0. The molecule has 0 amide bonds. The third kappa shape index (κ3) is 6.50. The van der Waals surface area contributed by atoms with Crippen LogP contribution < -0.4 is 9.80 Å². The molecule has 19 rings (SSSR count). The molecular weight excluding hydrogens is 1070 g/mol. The van der Waals surface area contributed by atoms with Gasteiger partial charge in [0.25, 0.3) is 0 Å². The van der Waals surface area contributed by atoms with Crippen molar-refractivity contribution in [1.82, 2.24) is 9.13 Å². The van der Waals surface area contributed by atoms with E-state index in [1.165, 1.54) is 21.5 Å². The molecule has 0 saturated carbocycles. The average molecular weight is 1130 g/mol. The van der Waals surface area contributed by atoms with Gasteiger partial charge < -0.3 is 27.8 Å². The molecular formula is C82H52N4O2. The van der Waals surface area contributed by atoms with Gasteiger partial charge in [-0.15, -0.1) is 0 Å².